The Morgan fingerprint density at radius 3 is 2.73 bits per heavy atom. The first-order valence-corrected chi connectivity index (χ1v) is 5.40. The summed E-state index contributed by atoms with van der Waals surface area (Å²) in [6.07, 6.45) is 1.79. The van der Waals surface area contributed by atoms with Gasteiger partial charge in [-0.1, -0.05) is 17.7 Å². The molecule has 0 spiro atoms. The average Bonchev–Trinajstić information content (AvgIpc) is 2.11. The molecular weight excluding hydrogens is 259 g/mol. The lowest BCUT2D eigenvalue weighted by molar-refractivity contribution is -0.114. The Bertz CT molecular complexity index is 406. The summed E-state index contributed by atoms with van der Waals surface area (Å²) in [5.74, 6) is -0.348. The zero-order chi connectivity index (χ0) is 11.4. The fraction of sp³-hybridized carbons (Fsp3) is 0.250. The van der Waals surface area contributed by atoms with Gasteiger partial charge < -0.3 is 0 Å². The van der Waals surface area contributed by atoms with Crippen molar-refractivity contribution < 1.29 is 9.18 Å². The van der Waals surface area contributed by atoms with Gasteiger partial charge in [-0.25, -0.2) is 4.39 Å². The zero-order valence-corrected chi connectivity index (χ0v) is 10.3. The van der Waals surface area contributed by atoms with Crippen LogP contribution in [0.15, 0.2) is 34.3 Å². The Morgan fingerprint density at radius 1 is 1.47 bits per heavy atom. The lowest BCUT2D eigenvalue weighted by atomic mass is 10.1. The molecular formula is C12H12BrFO. The maximum atomic E-state index is 13.1. The van der Waals surface area contributed by atoms with Gasteiger partial charge in [0.25, 0.3) is 0 Å². The van der Waals surface area contributed by atoms with Crippen molar-refractivity contribution in [1.82, 2.24) is 0 Å². The average molecular weight is 271 g/mol. The van der Waals surface area contributed by atoms with Gasteiger partial charge in [-0.15, -0.1) is 0 Å². The molecule has 0 radical (unpaired) electrons. The molecule has 0 N–H and O–H groups in total. The van der Waals surface area contributed by atoms with Gasteiger partial charge in [0.15, 0.2) is 5.78 Å². The Kier molecular flexibility index (Phi) is 4.21. The Hall–Kier alpha value is -0.960. The summed E-state index contributed by atoms with van der Waals surface area (Å²) >= 11 is 3.13. The summed E-state index contributed by atoms with van der Waals surface area (Å²) in [5, 5.41) is 0. The SMILES string of the molecule is CC(C)=CC(=O)Cc1cccc(F)c1Br. The molecule has 0 heterocycles. The van der Waals surface area contributed by atoms with Crippen LogP contribution in [0.3, 0.4) is 0 Å². The van der Waals surface area contributed by atoms with Crippen molar-refractivity contribution in [1.29, 1.82) is 0 Å². The number of halogens is 2. The van der Waals surface area contributed by atoms with Gasteiger partial charge in [0.1, 0.15) is 5.82 Å². The molecule has 0 bridgehead atoms. The summed E-state index contributed by atoms with van der Waals surface area (Å²) in [6, 6.07) is 4.70. The summed E-state index contributed by atoms with van der Waals surface area (Å²) < 4.78 is 13.5. The van der Waals surface area contributed by atoms with Gasteiger partial charge in [-0.3, -0.25) is 4.79 Å². The minimum atomic E-state index is -0.336. The molecule has 80 valence electrons. The molecule has 0 atom stereocenters. The molecule has 1 rings (SSSR count). The fourth-order valence-electron chi connectivity index (χ4n) is 1.25. The first kappa shape index (κ1) is 12.1. The number of hydrogen-bond donors (Lipinski definition) is 0. The van der Waals surface area contributed by atoms with E-state index < -0.39 is 0 Å². The Morgan fingerprint density at radius 2 is 2.13 bits per heavy atom. The quantitative estimate of drug-likeness (QED) is 0.767. The molecule has 1 aromatic carbocycles. The van der Waals surface area contributed by atoms with Crippen molar-refractivity contribution in [3.05, 3.63) is 45.7 Å². The van der Waals surface area contributed by atoms with E-state index in [-0.39, 0.29) is 18.0 Å². The van der Waals surface area contributed by atoms with Gasteiger partial charge in [-0.2, -0.15) is 0 Å². The number of allylic oxidation sites excluding steroid dienone is 2. The number of benzene rings is 1. The summed E-state index contributed by atoms with van der Waals surface area (Å²) in [5.41, 5.74) is 1.63. The maximum Gasteiger partial charge on any atom is 0.160 e. The van der Waals surface area contributed by atoms with Crippen LogP contribution >= 0.6 is 15.9 Å². The van der Waals surface area contributed by atoms with Crippen LogP contribution in [0.1, 0.15) is 19.4 Å². The van der Waals surface area contributed by atoms with Crippen molar-refractivity contribution in [3.8, 4) is 0 Å². The third-order valence-electron chi connectivity index (χ3n) is 1.85. The standard InChI is InChI=1S/C12H12BrFO/c1-8(2)6-10(15)7-9-4-3-5-11(14)12(9)13/h3-6H,7H2,1-2H3. The van der Waals surface area contributed by atoms with E-state index in [0.29, 0.717) is 10.0 Å². The second kappa shape index (κ2) is 5.21. The molecule has 0 fully saturated rings. The number of hydrogen-bond acceptors (Lipinski definition) is 1. The van der Waals surface area contributed by atoms with Crippen LogP contribution in [-0.2, 0) is 11.2 Å². The minimum Gasteiger partial charge on any atom is -0.294 e. The molecule has 3 heteroatoms. The number of carbonyl (C=O) groups excluding carboxylic acids is 1. The predicted molar refractivity (Wildman–Crippen MR) is 62.2 cm³/mol. The van der Waals surface area contributed by atoms with Crippen LogP contribution in [0.4, 0.5) is 4.39 Å². The molecule has 0 aliphatic heterocycles. The van der Waals surface area contributed by atoms with E-state index in [1.807, 2.05) is 13.8 Å². The lowest BCUT2D eigenvalue weighted by Gasteiger charge is -2.02. The van der Waals surface area contributed by atoms with Gasteiger partial charge in [0.2, 0.25) is 0 Å². The van der Waals surface area contributed by atoms with Crippen LogP contribution in [0, 0.1) is 5.82 Å². The normalized spacial score (nSPS) is 9.87. The van der Waals surface area contributed by atoms with Crippen LogP contribution in [0.25, 0.3) is 0 Å². The zero-order valence-electron chi connectivity index (χ0n) is 8.68. The highest BCUT2D eigenvalue weighted by molar-refractivity contribution is 9.10. The smallest absolute Gasteiger partial charge is 0.160 e. The van der Waals surface area contributed by atoms with E-state index in [4.69, 9.17) is 0 Å². The van der Waals surface area contributed by atoms with E-state index in [2.05, 4.69) is 15.9 Å². The molecule has 1 aromatic rings. The van der Waals surface area contributed by atoms with Gasteiger partial charge in [-0.05, 0) is 47.5 Å². The van der Waals surface area contributed by atoms with Crippen LogP contribution in [-0.4, -0.2) is 5.78 Å². The molecule has 0 saturated carbocycles. The van der Waals surface area contributed by atoms with Crippen LogP contribution in [0.5, 0.6) is 0 Å². The predicted octanol–water partition coefficient (Wildman–Crippen LogP) is 3.67. The third-order valence-corrected chi connectivity index (χ3v) is 2.73. The number of carbonyl (C=O) groups is 1. The molecule has 0 aliphatic carbocycles. The third kappa shape index (κ3) is 3.59. The van der Waals surface area contributed by atoms with Gasteiger partial charge >= 0.3 is 0 Å². The maximum absolute atomic E-state index is 13.1. The van der Waals surface area contributed by atoms with Crippen molar-refractivity contribution in [2.75, 3.05) is 0 Å². The first-order valence-electron chi connectivity index (χ1n) is 4.61. The minimum absolute atomic E-state index is 0.0127. The highest BCUT2D eigenvalue weighted by Gasteiger charge is 2.07. The molecule has 0 unspecified atom stereocenters. The highest BCUT2D eigenvalue weighted by Crippen LogP contribution is 2.21. The number of rotatable bonds is 3. The summed E-state index contributed by atoms with van der Waals surface area (Å²) in [4.78, 5) is 11.5. The van der Waals surface area contributed by atoms with E-state index in [1.165, 1.54) is 6.07 Å². The van der Waals surface area contributed by atoms with E-state index >= 15 is 0 Å². The van der Waals surface area contributed by atoms with Crippen LogP contribution in [0.2, 0.25) is 0 Å². The summed E-state index contributed by atoms with van der Waals surface area (Å²) in [6.45, 7) is 3.72. The van der Waals surface area contributed by atoms with Crippen LogP contribution < -0.4 is 0 Å². The van der Waals surface area contributed by atoms with Crippen molar-refractivity contribution in [3.63, 3.8) is 0 Å². The molecule has 0 saturated heterocycles. The molecule has 0 aromatic heterocycles. The fourth-order valence-corrected chi connectivity index (χ4v) is 1.65. The monoisotopic (exact) mass is 270 g/mol. The molecule has 0 amide bonds. The van der Waals surface area contributed by atoms with Gasteiger partial charge in [0.05, 0.1) is 4.47 Å². The topological polar surface area (TPSA) is 17.1 Å². The van der Waals surface area contributed by atoms with Gasteiger partial charge in [0, 0.05) is 6.42 Å². The number of ketones is 1. The lowest BCUT2D eigenvalue weighted by Crippen LogP contribution is -2.00. The molecule has 1 nitrogen and oxygen atoms in total. The molecule has 15 heavy (non-hydrogen) atoms. The van der Waals surface area contributed by atoms with Crippen molar-refractivity contribution >= 4 is 21.7 Å². The highest BCUT2D eigenvalue weighted by atomic mass is 79.9. The largest absolute Gasteiger partial charge is 0.294 e. The van der Waals surface area contributed by atoms with E-state index in [0.717, 1.165) is 5.57 Å². The van der Waals surface area contributed by atoms with Crippen molar-refractivity contribution in [2.45, 2.75) is 20.3 Å². The first-order chi connectivity index (χ1) is 7.00. The van der Waals surface area contributed by atoms with E-state index in [9.17, 15) is 9.18 Å². The van der Waals surface area contributed by atoms with Crippen molar-refractivity contribution in [2.24, 2.45) is 0 Å². The summed E-state index contributed by atoms with van der Waals surface area (Å²) in [7, 11) is 0. The Labute approximate surface area is 97.1 Å². The molecule has 0 aliphatic rings. The Balaban J connectivity index is 2.86. The second-order valence-electron chi connectivity index (χ2n) is 3.58. The second-order valence-corrected chi connectivity index (χ2v) is 4.37. The van der Waals surface area contributed by atoms with E-state index in [1.54, 1.807) is 18.2 Å².